The van der Waals surface area contributed by atoms with Gasteiger partial charge in [0, 0.05) is 46.4 Å². The lowest BCUT2D eigenvalue weighted by atomic mass is 9.99. The Morgan fingerprint density at radius 2 is 1.85 bits per heavy atom. The summed E-state index contributed by atoms with van der Waals surface area (Å²) in [6, 6.07) is 6.00. The van der Waals surface area contributed by atoms with Gasteiger partial charge >= 0.3 is 0 Å². The molecule has 0 aromatic heterocycles. The van der Waals surface area contributed by atoms with E-state index < -0.39 is 23.4 Å². The second-order valence-corrected chi connectivity index (χ2v) is 7.98. The van der Waals surface area contributed by atoms with E-state index in [0.29, 0.717) is 34.9 Å². The Morgan fingerprint density at radius 3 is 2.52 bits per heavy atom. The topological polar surface area (TPSA) is 46.2 Å². The molecule has 3 rings (SSSR count). The number of rotatable bonds is 4. The molecule has 1 amide bonds. The molecule has 1 aliphatic carbocycles. The van der Waals surface area contributed by atoms with Crippen LogP contribution in [0.3, 0.4) is 0 Å². The lowest BCUT2D eigenvalue weighted by molar-refractivity contribution is -0.120. The van der Waals surface area contributed by atoms with E-state index in [4.69, 9.17) is 11.6 Å². The Balaban J connectivity index is 1.76. The molecule has 1 aliphatic rings. The van der Waals surface area contributed by atoms with E-state index in [-0.39, 0.29) is 22.3 Å². The summed E-state index contributed by atoms with van der Waals surface area (Å²) < 4.78 is 39.6. The van der Waals surface area contributed by atoms with Crippen LogP contribution in [0.5, 0.6) is 0 Å². The van der Waals surface area contributed by atoms with Gasteiger partial charge in [-0.3, -0.25) is 9.59 Å². The highest BCUT2D eigenvalue weighted by Gasteiger charge is 2.22. The highest BCUT2D eigenvalue weighted by Crippen LogP contribution is 2.36. The van der Waals surface area contributed by atoms with Gasteiger partial charge in [0.1, 0.15) is 5.78 Å². The van der Waals surface area contributed by atoms with Crippen LogP contribution < -0.4 is 5.32 Å². The van der Waals surface area contributed by atoms with Crippen molar-refractivity contribution in [2.45, 2.75) is 35.8 Å². The maximum Gasteiger partial charge on any atom is 0.255 e. The van der Waals surface area contributed by atoms with Crippen LogP contribution in [0.25, 0.3) is 0 Å². The smallest absolute Gasteiger partial charge is 0.255 e. The molecular formula is C19H15ClF3NO2S. The normalized spacial score (nSPS) is 17.0. The molecule has 142 valence electrons. The number of hydrogen-bond donors (Lipinski definition) is 1. The number of halogens is 4. The third kappa shape index (κ3) is 4.84. The maximum absolute atomic E-state index is 13.3. The van der Waals surface area contributed by atoms with Crippen molar-refractivity contribution in [2.75, 3.05) is 5.32 Å². The highest BCUT2D eigenvalue weighted by molar-refractivity contribution is 8.00. The van der Waals surface area contributed by atoms with Crippen molar-refractivity contribution in [3.8, 4) is 0 Å². The fraction of sp³-hybridized carbons (Fsp3) is 0.263. The predicted octanol–water partition coefficient (Wildman–Crippen LogP) is 5.61. The zero-order valence-electron chi connectivity index (χ0n) is 14.0. The van der Waals surface area contributed by atoms with Crippen molar-refractivity contribution < 1.29 is 22.8 Å². The molecule has 0 heterocycles. The summed E-state index contributed by atoms with van der Waals surface area (Å²) in [5, 5.41) is 2.88. The van der Waals surface area contributed by atoms with Crippen molar-refractivity contribution in [2.24, 2.45) is 0 Å². The van der Waals surface area contributed by atoms with Crippen molar-refractivity contribution >= 4 is 40.7 Å². The first kappa shape index (κ1) is 19.8. The molecule has 1 fully saturated rings. The number of amides is 1. The van der Waals surface area contributed by atoms with Gasteiger partial charge in [-0.15, -0.1) is 11.8 Å². The standard InChI is InChI=1S/C19H15ClF3NO2S/c20-14-5-4-10(6-17(14)27-13-3-1-2-12(25)9-13)19(26)24-11-7-15(21)18(23)16(22)8-11/h4-8,13H,1-3,9H2,(H,24,26). The van der Waals surface area contributed by atoms with Gasteiger partial charge in [-0.1, -0.05) is 11.6 Å². The number of ketones is 1. The fourth-order valence-electron chi connectivity index (χ4n) is 2.83. The molecule has 0 spiro atoms. The van der Waals surface area contributed by atoms with E-state index in [1.807, 2.05) is 0 Å². The van der Waals surface area contributed by atoms with Crippen molar-refractivity contribution in [1.29, 1.82) is 0 Å². The minimum atomic E-state index is -1.60. The molecule has 0 radical (unpaired) electrons. The van der Waals surface area contributed by atoms with Gasteiger partial charge in [-0.2, -0.15) is 0 Å². The van der Waals surface area contributed by atoms with Gasteiger partial charge in [0.05, 0.1) is 5.02 Å². The number of carbonyl (C=O) groups is 2. The second kappa shape index (κ2) is 8.35. The molecule has 0 bridgehead atoms. The number of Topliss-reactive ketones (excluding diaryl/α,β-unsaturated/α-hetero) is 1. The summed E-state index contributed by atoms with van der Waals surface area (Å²) in [7, 11) is 0. The summed E-state index contributed by atoms with van der Waals surface area (Å²) in [5.74, 6) is -4.78. The molecule has 1 atom stereocenters. The predicted molar refractivity (Wildman–Crippen MR) is 98.8 cm³/mol. The third-order valence-corrected chi connectivity index (χ3v) is 5.93. The average Bonchev–Trinajstić information content (AvgIpc) is 2.61. The second-order valence-electron chi connectivity index (χ2n) is 6.23. The molecule has 2 aromatic carbocycles. The molecule has 1 unspecified atom stereocenters. The van der Waals surface area contributed by atoms with Gasteiger partial charge in [-0.25, -0.2) is 13.2 Å². The van der Waals surface area contributed by atoms with Crippen LogP contribution in [0.15, 0.2) is 35.2 Å². The lowest BCUT2D eigenvalue weighted by Crippen LogP contribution is -2.17. The van der Waals surface area contributed by atoms with E-state index in [1.165, 1.54) is 17.8 Å². The first-order chi connectivity index (χ1) is 12.8. The molecule has 8 heteroatoms. The number of anilines is 1. The van der Waals surface area contributed by atoms with Crippen LogP contribution in [0.1, 0.15) is 36.0 Å². The highest BCUT2D eigenvalue weighted by atomic mass is 35.5. The first-order valence-corrected chi connectivity index (χ1v) is 9.53. The zero-order valence-corrected chi connectivity index (χ0v) is 15.6. The Labute approximate surface area is 163 Å². The number of thioether (sulfide) groups is 1. The van der Waals surface area contributed by atoms with Crippen LogP contribution in [0, 0.1) is 17.5 Å². The fourth-order valence-corrected chi connectivity index (χ4v) is 4.37. The van der Waals surface area contributed by atoms with E-state index in [2.05, 4.69) is 5.32 Å². The Kier molecular flexibility index (Phi) is 6.11. The molecular weight excluding hydrogens is 399 g/mol. The number of hydrogen-bond acceptors (Lipinski definition) is 3. The molecule has 27 heavy (non-hydrogen) atoms. The van der Waals surface area contributed by atoms with E-state index in [0.717, 1.165) is 12.8 Å². The Hall–Kier alpha value is -1.99. The van der Waals surface area contributed by atoms with E-state index in [1.54, 1.807) is 12.1 Å². The first-order valence-electron chi connectivity index (χ1n) is 8.27. The maximum atomic E-state index is 13.3. The van der Waals surface area contributed by atoms with E-state index in [9.17, 15) is 22.8 Å². The molecule has 0 saturated heterocycles. The van der Waals surface area contributed by atoms with Crippen LogP contribution in [-0.2, 0) is 4.79 Å². The van der Waals surface area contributed by atoms with Gasteiger partial charge in [0.2, 0.25) is 0 Å². The van der Waals surface area contributed by atoms with Crippen LogP contribution in [0.4, 0.5) is 18.9 Å². The van der Waals surface area contributed by atoms with Gasteiger partial charge < -0.3 is 5.32 Å². The summed E-state index contributed by atoms with van der Waals surface area (Å²) in [6.45, 7) is 0. The minimum Gasteiger partial charge on any atom is -0.322 e. The number of carbonyl (C=O) groups excluding carboxylic acids is 2. The Morgan fingerprint density at radius 1 is 1.15 bits per heavy atom. The Bertz CT molecular complexity index is 884. The SMILES string of the molecule is O=C1CCCC(Sc2cc(C(=O)Nc3cc(F)c(F)c(F)c3)ccc2Cl)C1. The van der Waals surface area contributed by atoms with E-state index >= 15 is 0 Å². The summed E-state index contributed by atoms with van der Waals surface area (Å²) >= 11 is 7.63. The van der Waals surface area contributed by atoms with Gasteiger partial charge in [0.15, 0.2) is 17.5 Å². The zero-order chi connectivity index (χ0) is 19.6. The van der Waals surface area contributed by atoms with Crippen LogP contribution >= 0.6 is 23.4 Å². The van der Waals surface area contributed by atoms with Crippen LogP contribution in [-0.4, -0.2) is 16.9 Å². The average molecular weight is 414 g/mol. The van der Waals surface area contributed by atoms with Gasteiger partial charge in [0.25, 0.3) is 5.91 Å². The van der Waals surface area contributed by atoms with Crippen molar-refractivity contribution in [1.82, 2.24) is 0 Å². The largest absolute Gasteiger partial charge is 0.322 e. The number of nitrogens with one attached hydrogen (secondary N) is 1. The number of benzene rings is 2. The summed E-state index contributed by atoms with van der Waals surface area (Å²) in [4.78, 5) is 24.6. The quantitative estimate of drug-likeness (QED) is 0.662. The van der Waals surface area contributed by atoms with Crippen LogP contribution in [0.2, 0.25) is 5.02 Å². The lowest BCUT2D eigenvalue weighted by Gasteiger charge is -2.21. The molecule has 2 aromatic rings. The monoisotopic (exact) mass is 413 g/mol. The third-order valence-electron chi connectivity index (χ3n) is 4.17. The molecule has 1 saturated carbocycles. The summed E-state index contributed by atoms with van der Waals surface area (Å²) in [6.07, 6.45) is 2.77. The van der Waals surface area contributed by atoms with Crippen molar-refractivity contribution in [3.63, 3.8) is 0 Å². The van der Waals surface area contributed by atoms with Gasteiger partial charge in [-0.05, 0) is 31.0 Å². The minimum absolute atomic E-state index is 0.0994. The molecule has 1 N–H and O–H groups in total. The molecule has 3 nitrogen and oxygen atoms in total. The molecule has 0 aliphatic heterocycles. The summed E-state index contributed by atoms with van der Waals surface area (Å²) in [5.41, 5.74) is 0.0348. The van der Waals surface area contributed by atoms with Crippen molar-refractivity contribution in [3.05, 3.63) is 58.4 Å².